The van der Waals surface area contributed by atoms with Crippen molar-refractivity contribution in [3.63, 3.8) is 0 Å². The van der Waals surface area contributed by atoms with E-state index in [0.717, 1.165) is 10.0 Å². The summed E-state index contributed by atoms with van der Waals surface area (Å²) in [6.07, 6.45) is 0. The summed E-state index contributed by atoms with van der Waals surface area (Å²) in [4.78, 5) is 16.2. The van der Waals surface area contributed by atoms with E-state index in [2.05, 4.69) is 36.4 Å². The number of hydrogen-bond acceptors (Lipinski definition) is 4. The molecule has 0 atom stereocenters. The summed E-state index contributed by atoms with van der Waals surface area (Å²) in [5.41, 5.74) is 1.46. The molecule has 0 aliphatic carbocycles. The molecule has 3 rings (SSSR count). The van der Waals surface area contributed by atoms with E-state index in [1.807, 2.05) is 24.3 Å². The Morgan fingerprint density at radius 2 is 1.88 bits per heavy atom. The highest BCUT2D eigenvalue weighted by molar-refractivity contribution is 9.10. The smallest absolute Gasteiger partial charge is 0.234 e. The number of halogens is 2. The number of hydrogen-bond donors (Lipinski definition) is 2. The molecule has 0 spiro atoms. The Balaban J connectivity index is 1.56. The number of carbonyl (C=O) groups is 1. The molecule has 0 aliphatic rings. The van der Waals surface area contributed by atoms with E-state index in [9.17, 15) is 9.18 Å². The molecular formula is C16H12BrFN4OS. The molecule has 0 aliphatic heterocycles. The number of aromatic amines is 1. The van der Waals surface area contributed by atoms with E-state index in [-0.39, 0.29) is 17.5 Å². The monoisotopic (exact) mass is 406 g/mol. The molecular weight excluding hydrogens is 395 g/mol. The van der Waals surface area contributed by atoms with Crippen LogP contribution >= 0.6 is 27.7 Å². The Labute approximate surface area is 150 Å². The third-order valence-corrected chi connectivity index (χ3v) is 4.42. The molecule has 122 valence electrons. The van der Waals surface area contributed by atoms with Crippen molar-refractivity contribution in [2.45, 2.75) is 5.16 Å². The molecule has 0 fully saturated rings. The number of amides is 1. The zero-order chi connectivity index (χ0) is 16.9. The van der Waals surface area contributed by atoms with Crippen molar-refractivity contribution in [3.8, 4) is 11.4 Å². The van der Waals surface area contributed by atoms with Gasteiger partial charge < -0.3 is 5.32 Å². The standard InChI is InChI=1S/C16H12BrFN4OS/c17-11-3-1-10(2-4-11)15-20-16(22-21-15)24-9-14(23)19-13-7-5-12(18)6-8-13/h1-8H,9H2,(H,19,23)(H,20,21,22). The molecule has 8 heteroatoms. The minimum Gasteiger partial charge on any atom is -0.325 e. The first-order valence-corrected chi connectivity index (χ1v) is 8.74. The molecule has 0 bridgehead atoms. The number of rotatable bonds is 5. The first-order chi connectivity index (χ1) is 11.6. The van der Waals surface area contributed by atoms with Gasteiger partial charge in [0.2, 0.25) is 11.1 Å². The molecule has 0 radical (unpaired) electrons. The fourth-order valence-electron chi connectivity index (χ4n) is 1.91. The lowest BCUT2D eigenvalue weighted by atomic mass is 10.2. The summed E-state index contributed by atoms with van der Waals surface area (Å²) >= 11 is 4.60. The van der Waals surface area contributed by atoms with Gasteiger partial charge in [-0.15, -0.1) is 5.10 Å². The van der Waals surface area contributed by atoms with Gasteiger partial charge in [-0.1, -0.05) is 39.8 Å². The normalized spacial score (nSPS) is 10.6. The molecule has 5 nitrogen and oxygen atoms in total. The highest BCUT2D eigenvalue weighted by Gasteiger charge is 2.09. The number of nitrogens with zero attached hydrogens (tertiary/aromatic N) is 2. The fourth-order valence-corrected chi connectivity index (χ4v) is 2.77. The van der Waals surface area contributed by atoms with Crippen LogP contribution in [0.4, 0.5) is 10.1 Å². The molecule has 2 aromatic carbocycles. The van der Waals surface area contributed by atoms with Gasteiger partial charge in [-0.25, -0.2) is 9.37 Å². The average molecular weight is 407 g/mol. The van der Waals surface area contributed by atoms with E-state index in [1.54, 1.807) is 0 Å². The maximum Gasteiger partial charge on any atom is 0.234 e. The van der Waals surface area contributed by atoms with Gasteiger partial charge in [0, 0.05) is 15.7 Å². The SMILES string of the molecule is O=C(CSc1n[nH]c(-c2ccc(Br)cc2)n1)Nc1ccc(F)cc1. The zero-order valence-electron chi connectivity index (χ0n) is 12.3. The van der Waals surface area contributed by atoms with Gasteiger partial charge in [0.25, 0.3) is 0 Å². The molecule has 24 heavy (non-hydrogen) atoms. The summed E-state index contributed by atoms with van der Waals surface area (Å²) in [6, 6.07) is 13.3. The predicted molar refractivity (Wildman–Crippen MR) is 95.3 cm³/mol. The molecule has 2 N–H and O–H groups in total. The minimum absolute atomic E-state index is 0.162. The third kappa shape index (κ3) is 4.42. The Hall–Kier alpha value is -2.19. The van der Waals surface area contributed by atoms with Crippen molar-refractivity contribution >= 4 is 39.3 Å². The summed E-state index contributed by atoms with van der Waals surface area (Å²) < 4.78 is 13.8. The van der Waals surface area contributed by atoms with Crippen molar-refractivity contribution in [3.05, 3.63) is 58.8 Å². The van der Waals surface area contributed by atoms with Crippen molar-refractivity contribution in [2.75, 3.05) is 11.1 Å². The van der Waals surface area contributed by atoms with Crippen LogP contribution in [0.3, 0.4) is 0 Å². The molecule has 1 amide bonds. The molecule has 0 saturated carbocycles. The Morgan fingerprint density at radius 3 is 2.58 bits per heavy atom. The van der Waals surface area contributed by atoms with Crippen LogP contribution in [-0.4, -0.2) is 26.8 Å². The van der Waals surface area contributed by atoms with Crippen molar-refractivity contribution in [2.24, 2.45) is 0 Å². The summed E-state index contributed by atoms with van der Waals surface area (Å²) in [5, 5.41) is 10.1. The van der Waals surface area contributed by atoms with Gasteiger partial charge in [0.1, 0.15) is 5.82 Å². The highest BCUT2D eigenvalue weighted by Crippen LogP contribution is 2.21. The van der Waals surface area contributed by atoms with Crippen LogP contribution in [0.2, 0.25) is 0 Å². The lowest BCUT2D eigenvalue weighted by Gasteiger charge is -2.03. The first-order valence-electron chi connectivity index (χ1n) is 6.97. The summed E-state index contributed by atoms with van der Waals surface area (Å²) in [6.45, 7) is 0. The fraction of sp³-hybridized carbons (Fsp3) is 0.0625. The second-order valence-electron chi connectivity index (χ2n) is 4.82. The zero-order valence-corrected chi connectivity index (χ0v) is 14.7. The second-order valence-corrected chi connectivity index (χ2v) is 6.68. The van der Waals surface area contributed by atoms with Gasteiger partial charge in [0.05, 0.1) is 5.75 Å². The van der Waals surface area contributed by atoms with E-state index < -0.39 is 0 Å². The Morgan fingerprint density at radius 1 is 1.17 bits per heavy atom. The quantitative estimate of drug-likeness (QED) is 0.625. The Kier molecular flexibility index (Phi) is 5.27. The highest BCUT2D eigenvalue weighted by atomic mass is 79.9. The van der Waals surface area contributed by atoms with E-state index >= 15 is 0 Å². The number of H-pyrrole nitrogens is 1. The van der Waals surface area contributed by atoms with Gasteiger partial charge in [-0.05, 0) is 36.4 Å². The largest absolute Gasteiger partial charge is 0.325 e. The third-order valence-electron chi connectivity index (χ3n) is 3.04. The van der Waals surface area contributed by atoms with Gasteiger partial charge >= 0.3 is 0 Å². The van der Waals surface area contributed by atoms with Crippen LogP contribution < -0.4 is 5.32 Å². The summed E-state index contributed by atoms with van der Waals surface area (Å²) in [7, 11) is 0. The van der Waals surface area contributed by atoms with Crippen LogP contribution in [0.25, 0.3) is 11.4 Å². The number of anilines is 1. The number of carbonyl (C=O) groups excluding carboxylic acids is 1. The van der Waals surface area contributed by atoms with E-state index in [0.29, 0.717) is 16.7 Å². The average Bonchev–Trinajstić information content (AvgIpc) is 3.05. The molecule has 1 aromatic heterocycles. The van der Waals surface area contributed by atoms with E-state index in [1.165, 1.54) is 36.0 Å². The van der Waals surface area contributed by atoms with Crippen LogP contribution in [0.1, 0.15) is 0 Å². The predicted octanol–water partition coefficient (Wildman–Crippen LogP) is 4.10. The number of aromatic nitrogens is 3. The number of thioether (sulfide) groups is 1. The number of benzene rings is 2. The van der Waals surface area contributed by atoms with Crippen LogP contribution in [0.5, 0.6) is 0 Å². The van der Waals surface area contributed by atoms with Gasteiger partial charge in [-0.3, -0.25) is 9.89 Å². The van der Waals surface area contributed by atoms with Crippen molar-refractivity contribution in [1.29, 1.82) is 0 Å². The summed E-state index contributed by atoms with van der Waals surface area (Å²) in [5.74, 6) is 0.253. The second kappa shape index (κ2) is 7.59. The lowest BCUT2D eigenvalue weighted by molar-refractivity contribution is -0.113. The molecule has 1 heterocycles. The van der Waals surface area contributed by atoms with Gasteiger partial charge in [0.15, 0.2) is 5.82 Å². The van der Waals surface area contributed by atoms with Crippen molar-refractivity contribution < 1.29 is 9.18 Å². The maximum absolute atomic E-state index is 12.8. The van der Waals surface area contributed by atoms with Crippen LogP contribution in [0.15, 0.2) is 58.2 Å². The van der Waals surface area contributed by atoms with Crippen molar-refractivity contribution in [1.82, 2.24) is 15.2 Å². The first kappa shape index (κ1) is 16.7. The minimum atomic E-state index is -0.344. The van der Waals surface area contributed by atoms with Gasteiger partial charge in [-0.2, -0.15) is 0 Å². The maximum atomic E-state index is 12.8. The number of nitrogens with one attached hydrogen (secondary N) is 2. The molecule has 3 aromatic rings. The lowest BCUT2D eigenvalue weighted by Crippen LogP contribution is -2.14. The topological polar surface area (TPSA) is 70.7 Å². The molecule has 0 saturated heterocycles. The van der Waals surface area contributed by atoms with Crippen LogP contribution in [-0.2, 0) is 4.79 Å². The molecule has 0 unspecified atom stereocenters. The van der Waals surface area contributed by atoms with E-state index in [4.69, 9.17) is 0 Å². The Bertz CT molecular complexity index is 836. The van der Waals surface area contributed by atoms with Crippen LogP contribution in [0, 0.1) is 5.82 Å².